The lowest BCUT2D eigenvalue weighted by Gasteiger charge is -2.32. The molecule has 6 heteroatoms. The number of thiazole rings is 1. The molecule has 2 fully saturated rings. The molecule has 0 radical (unpaired) electrons. The van der Waals surface area contributed by atoms with Crippen LogP contribution in [0.15, 0.2) is 23.2 Å². The second-order valence-electron chi connectivity index (χ2n) is 6.25. The number of nitrogens with one attached hydrogen (secondary N) is 1. The molecule has 0 spiro atoms. The van der Waals surface area contributed by atoms with Crippen LogP contribution in [0.3, 0.4) is 0 Å². The van der Waals surface area contributed by atoms with Gasteiger partial charge >= 0.3 is 0 Å². The normalized spacial score (nSPS) is 20.2. The van der Waals surface area contributed by atoms with Crippen molar-refractivity contribution >= 4 is 17.2 Å². The number of nitrogens with zero attached hydrogens (tertiary/aromatic N) is 4. The lowest BCUT2D eigenvalue weighted by molar-refractivity contribution is 0.209. The molecule has 1 N–H and O–H groups in total. The Hall–Kier alpha value is -1.53. The van der Waals surface area contributed by atoms with E-state index >= 15 is 0 Å². The van der Waals surface area contributed by atoms with Crippen molar-refractivity contribution in [2.24, 2.45) is 0 Å². The minimum Gasteiger partial charge on any atom is -0.367 e. The van der Waals surface area contributed by atoms with Crippen LogP contribution in [0.2, 0.25) is 0 Å². The second kappa shape index (κ2) is 6.30. The Kier molecular flexibility index (Phi) is 4.03. The van der Waals surface area contributed by atoms with E-state index in [-0.39, 0.29) is 0 Å². The number of anilines is 1. The standard InChI is InChI=1S/C16H21N5S/c1-2-12(1)16-17-6-3-15(20-16)19-13-4-7-21(8-5-13)9-14-10-22-11-18-14/h3,6,10-13H,1-2,4-5,7-9H2,(H,17,19,20). The predicted octanol–water partition coefficient (Wildman–Crippen LogP) is 2.89. The van der Waals surface area contributed by atoms with Crippen molar-refractivity contribution in [1.29, 1.82) is 0 Å². The molecule has 22 heavy (non-hydrogen) atoms. The molecular weight excluding hydrogens is 294 g/mol. The molecule has 1 saturated heterocycles. The zero-order valence-corrected chi connectivity index (χ0v) is 13.4. The number of rotatable bonds is 5. The number of likely N-dealkylation sites (tertiary alicyclic amines) is 1. The Labute approximate surface area is 134 Å². The largest absolute Gasteiger partial charge is 0.367 e. The first-order chi connectivity index (χ1) is 10.9. The van der Waals surface area contributed by atoms with Gasteiger partial charge in [0.1, 0.15) is 11.6 Å². The van der Waals surface area contributed by atoms with Gasteiger partial charge in [-0.25, -0.2) is 15.0 Å². The Bertz CT molecular complexity index is 603. The van der Waals surface area contributed by atoms with Crippen molar-refractivity contribution in [3.05, 3.63) is 34.7 Å². The van der Waals surface area contributed by atoms with Gasteiger partial charge < -0.3 is 5.32 Å². The van der Waals surface area contributed by atoms with Gasteiger partial charge in [-0.05, 0) is 31.7 Å². The van der Waals surface area contributed by atoms with Crippen LogP contribution in [0.1, 0.15) is 43.1 Å². The first-order valence-corrected chi connectivity index (χ1v) is 9.00. The molecule has 2 aromatic heterocycles. The number of hydrogen-bond donors (Lipinski definition) is 1. The highest BCUT2D eigenvalue weighted by molar-refractivity contribution is 7.07. The molecule has 116 valence electrons. The summed E-state index contributed by atoms with van der Waals surface area (Å²) in [4.78, 5) is 15.9. The summed E-state index contributed by atoms with van der Waals surface area (Å²) in [5.74, 6) is 2.63. The maximum atomic E-state index is 4.66. The molecular formula is C16H21N5S. The average Bonchev–Trinajstić information content (AvgIpc) is 3.28. The van der Waals surface area contributed by atoms with Crippen molar-refractivity contribution < 1.29 is 0 Å². The van der Waals surface area contributed by atoms with E-state index in [9.17, 15) is 0 Å². The third-order valence-corrected chi connectivity index (χ3v) is 5.06. The molecule has 1 saturated carbocycles. The van der Waals surface area contributed by atoms with Crippen LogP contribution in [0, 0.1) is 0 Å². The van der Waals surface area contributed by atoms with E-state index in [0.717, 1.165) is 44.1 Å². The fourth-order valence-electron chi connectivity index (χ4n) is 2.98. The predicted molar refractivity (Wildman–Crippen MR) is 88.0 cm³/mol. The molecule has 0 aromatic carbocycles. The first-order valence-electron chi connectivity index (χ1n) is 8.06. The minimum absolute atomic E-state index is 0.522. The molecule has 4 rings (SSSR count). The average molecular weight is 315 g/mol. The van der Waals surface area contributed by atoms with Crippen molar-refractivity contribution in [2.45, 2.75) is 44.2 Å². The Balaban J connectivity index is 1.29. The molecule has 1 aliphatic heterocycles. The topological polar surface area (TPSA) is 53.9 Å². The summed E-state index contributed by atoms with van der Waals surface area (Å²) in [5, 5.41) is 5.74. The van der Waals surface area contributed by atoms with E-state index in [2.05, 4.69) is 30.5 Å². The number of hydrogen-bond acceptors (Lipinski definition) is 6. The second-order valence-corrected chi connectivity index (χ2v) is 6.97. The van der Waals surface area contributed by atoms with Crippen LogP contribution in [-0.4, -0.2) is 39.0 Å². The third kappa shape index (κ3) is 3.44. The SMILES string of the molecule is c1cc(NC2CCN(Cc3cscn3)CC2)nc(C2CC2)n1. The summed E-state index contributed by atoms with van der Waals surface area (Å²) in [6.45, 7) is 3.22. The maximum absolute atomic E-state index is 4.66. The Morgan fingerprint density at radius 2 is 2.05 bits per heavy atom. The van der Waals surface area contributed by atoms with E-state index in [4.69, 9.17) is 0 Å². The highest BCUT2D eigenvalue weighted by atomic mass is 32.1. The van der Waals surface area contributed by atoms with E-state index < -0.39 is 0 Å². The Morgan fingerprint density at radius 3 is 2.77 bits per heavy atom. The molecule has 0 atom stereocenters. The van der Waals surface area contributed by atoms with Crippen molar-refractivity contribution in [3.63, 3.8) is 0 Å². The summed E-state index contributed by atoms with van der Waals surface area (Å²) < 4.78 is 0. The summed E-state index contributed by atoms with van der Waals surface area (Å²) in [7, 11) is 0. The lowest BCUT2D eigenvalue weighted by Crippen LogP contribution is -2.38. The molecule has 1 aliphatic carbocycles. The quantitative estimate of drug-likeness (QED) is 0.919. The highest BCUT2D eigenvalue weighted by Gasteiger charge is 2.27. The van der Waals surface area contributed by atoms with Gasteiger partial charge in [0, 0.05) is 43.2 Å². The highest BCUT2D eigenvalue weighted by Crippen LogP contribution is 2.38. The molecule has 0 amide bonds. The fraction of sp³-hybridized carbons (Fsp3) is 0.562. The van der Waals surface area contributed by atoms with Gasteiger partial charge in [0.25, 0.3) is 0 Å². The van der Waals surface area contributed by atoms with Crippen LogP contribution in [-0.2, 0) is 6.54 Å². The van der Waals surface area contributed by atoms with Gasteiger partial charge in [-0.3, -0.25) is 4.90 Å². The minimum atomic E-state index is 0.522. The molecule has 5 nitrogen and oxygen atoms in total. The summed E-state index contributed by atoms with van der Waals surface area (Å²) in [5.41, 5.74) is 3.11. The van der Waals surface area contributed by atoms with Gasteiger partial charge in [0.15, 0.2) is 0 Å². The van der Waals surface area contributed by atoms with Crippen LogP contribution in [0.5, 0.6) is 0 Å². The molecule has 0 bridgehead atoms. The monoisotopic (exact) mass is 315 g/mol. The number of aromatic nitrogens is 3. The van der Waals surface area contributed by atoms with Gasteiger partial charge in [0.05, 0.1) is 11.2 Å². The van der Waals surface area contributed by atoms with E-state index in [1.807, 2.05) is 17.8 Å². The van der Waals surface area contributed by atoms with Crippen molar-refractivity contribution in [2.75, 3.05) is 18.4 Å². The van der Waals surface area contributed by atoms with E-state index in [0.29, 0.717) is 12.0 Å². The maximum Gasteiger partial charge on any atom is 0.133 e. The van der Waals surface area contributed by atoms with Gasteiger partial charge in [-0.1, -0.05) is 0 Å². The van der Waals surface area contributed by atoms with Crippen molar-refractivity contribution in [3.8, 4) is 0 Å². The molecule has 2 aromatic rings. The van der Waals surface area contributed by atoms with E-state index in [1.165, 1.54) is 18.5 Å². The van der Waals surface area contributed by atoms with Crippen LogP contribution in [0.25, 0.3) is 0 Å². The summed E-state index contributed by atoms with van der Waals surface area (Å²) >= 11 is 1.67. The molecule has 0 unspecified atom stereocenters. The Morgan fingerprint density at radius 1 is 1.18 bits per heavy atom. The molecule has 2 aliphatic rings. The van der Waals surface area contributed by atoms with Gasteiger partial charge in [-0.15, -0.1) is 11.3 Å². The van der Waals surface area contributed by atoms with Crippen LogP contribution >= 0.6 is 11.3 Å². The zero-order valence-electron chi connectivity index (χ0n) is 12.6. The summed E-state index contributed by atoms with van der Waals surface area (Å²) in [6, 6.07) is 2.52. The number of piperidine rings is 1. The van der Waals surface area contributed by atoms with Crippen molar-refractivity contribution in [1.82, 2.24) is 19.9 Å². The zero-order chi connectivity index (χ0) is 14.8. The van der Waals surface area contributed by atoms with E-state index in [1.54, 1.807) is 11.3 Å². The first kappa shape index (κ1) is 14.1. The third-order valence-electron chi connectivity index (χ3n) is 4.43. The van der Waals surface area contributed by atoms with Crippen LogP contribution < -0.4 is 5.32 Å². The van der Waals surface area contributed by atoms with Crippen LogP contribution in [0.4, 0.5) is 5.82 Å². The summed E-state index contributed by atoms with van der Waals surface area (Å²) in [6.07, 6.45) is 6.71. The van der Waals surface area contributed by atoms with Gasteiger partial charge in [-0.2, -0.15) is 0 Å². The van der Waals surface area contributed by atoms with Gasteiger partial charge in [0.2, 0.25) is 0 Å². The molecule has 3 heterocycles. The lowest BCUT2D eigenvalue weighted by atomic mass is 10.0. The fourth-order valence-corrected chi connectivity index (χ4v) is 3.53. The smallest absolute Gasteiger partial charge is 0.133 e.